The van der Waals surface area contributed by atoms with Crippen molar-refractivity contribution in [2.75, 3.05) is 25.2 Å². The molecular formula is C17H27FN2O. The second-order valence-corrected chi connectivity index (χ2v) is 5.81. The van der Waals surface area contributed by atoms with Crippen LogP contribution in [0.15, 0.2) is 18.2 Å². The van der Waals surface area contributed by atoms with Gasteiger partial charge in [0.05, 0.1) is 12.3 Å². The number of benzene rings is 1. The lowest BCUT2D eigenvalue weighted by molar-refractivity contribution is 0.199. The number of hydrogen-bond donors (Lipinski definition) is 1. The van der Waals surface area contributed by atoms with Crippen molar-refractivity contribution in [1.82, 2.24) is 5.32 Å². The molecule has 1 aromatic carbocycles. The normalized spacial score (nSPS) is 22.0. The molecule has 2 rings (SSSR count). The zero-order valence-corrected chi connectivity index (χ0v) is 13.4. The summed E-state index contributed by atoms with van der Waals surface area (Å²) in [5.74, 6) is -0.103. The van der Waals surface area contributed by atoms with Crippen LogP contribution in [0.4, 0.5) is 10.1 Å². The predicted molar refractivity (Wildman–Crippen MR) is 85.2 cm³/mol. The molecule has 2 atom stereocenters. The van der Waals surface area contributed by atoms with Gasteiger partial charge in [0.1, 0.15) is 5.82 Å². The summed E-state index contributed by atoms with van der Waals surface area (Å²) >= 11 is 0. The second-order valence-electron chi connectivity index (χ2n) is 5.81. The van der Waals surface area contributed by atoms with Crippen molar-refractivity contribution in [1.29, 1.82) is 0 Å². The molecule has 0 spiro atoms. The Bertz CT molecular complexity index is 452. The van der Waals surface area contributed by atoms with Gasteiger partial charge in [0.25, 0.3) is 0 Å². The van der Waals surface area contributed by atoms with Gasteiger partial charge in [-0.25, -0.2) is 4.39 Å². The van der Waals surface area contributed by atoms with Crippen LogP contribution >= 0.6 is 0 Å². The van der Waals surface area contributed by atoms with Crippen molar-refractivity contribution < 1.29 is 9.13 Å². The number of para-hydroxylation sites is 1. The van der Waals surface area contributed by atoms with Crippen LogP contribution in [0, 0.1) is 5.82 Å². The third kappa shape index (κ3) is 3.74. The molecule has 2 unspecified atom stereocenters. The fourth-order valence-electron chi connectivity index (χ4n) is 3.26. The molecule has 1 saturated heterocycles. The fourth-order valence-corrected chi connectivity index (χ4v) is 3.26. The Balaban J connectivity index is 2.20. The van der Waals surface area contributed by atoms with Crippen LogP contribution in [0.5, 0.6) is 0 Å². The van der Waals surface area contributed by atoms with Crippen LogP contribution in [0.1, 0.15) is 38.7 Å². The Morgan fingerprint density at radius 2 is 2.19 bits per heavy atom. The summed E-state index contributed by atoms with van der Waals surface area (Å²) in [6.07, 6.45) is 3.36. The van der Waals surface area contributed by atoms with E-state index < -0.39 is 0 Å². The quantitative estimate of drug-likeness (QED) is 0.781. The highest BCUT2D eigenvalue weighted by atomic mass is 19.1. The van der Waals surface area contributed by atoms with Gasteiger partial charge < -0.3 is 15.0 Å². The van der Waals surface area contributed by atoms with Crippen molar-refractivity contribution in [3.05, 3.63) is 29.6 Å². The van der Waals surface area contributed by atoms with Crippen LogP contribution in [-0.4, -0.2) is 32.3 Å². The fraction of sp³-hybridized carbons (Fsp3) is 0.647. The van der Waals surface area contributed by atoms with Crippen LogP contribution in [0.3, 0.4) is 0 Å². The highest BCUT2D eigenvalue weighted by Gasteiger charge is 2.32. The lowest BCUT2D eigenvalue weighted by atomic mass is 10.1. The largest absolute Gasteiger partial charge is 0.383 e. The SMILES string of the molecule is CCC1CCC(C)N1c1c(F)cccc1CNCCOC. The molecule has 1 N–H and O–H groups in total. The molecule has 21 heavy (non-hydrogen) atoms. The van der Waals surface area contributed by atoms with Gasteiger partial charge in [-0.15, -0.1) is 0 Å². The van der Waals surface area contributed by atoms with Crippen LogP contribution in [0.25, 0.3) is 0 Å². The summed E-state index contributed by atoms with van der Waals surface area (Å²) in [5.41, 5.74) is 1.83. The van der Waals surface area contributed by atoms with Crippen LogP contribution in [0.2, 0.25) is 0 Å². The van der Waals surface area contributed by atoms with Crippen LogP contribution in [-0.2, 0) is 11.3 Å². The lowest BCUT2D eigenvalue weighted by Crippen LogP contribution is -2.36. The maximum Gasteiger partial charge on any atom is 0.146 e. The Labute approximate surface area is 127 Å². The third-order valence-corrected chi connectivity index (χ3v) is 4.38. The smallest absolute Gasteiger partial charge is 0.146 e. The topological polar surface area (TPSA) is 24.5 Å². The Morgan fingerprint density at radius 1 is 1.38 bits per heavy atom. The minimum atomic E-state index is -0.103. The molecule has 1 heterocycles. The minimum Gasteiger partial charge on any atom is -0.383 e. The zero-order chi connectivity index (χ0) is 15.2. The van der Waals surface area contributed by atoms with Crippen molar-refractivity contribution in [2.24, 2.45) is 0 Å². The van der Waals surface area contributed by atoms with E-state index in [1.54, 1.807) is 19.2 Å². The molecule has 4 heteroatoms. The number of methoxy groups -OCH3 is 1. The third-order valence-electron chi connectivity index (χ3n) is 4.38. The maximum absolute atomic E-state index is 14.5. The van der Waals surface area contributed by atoms with Gasteiger partial charge >= 0.3 is 0 Å². The summed E-state index contributed by atoms with van der Waals surface area (Å²) in [7, 11) is 1.69. The molecule has 118 valence electrons. The number of nitrogens with zero attached hydrogens (tertiary/aromatic N) is 1. The molecule has 3 nitrogen and oxygen atoms in total. The van der Waals surface area contributed by atoms with Gasteiger partial charge in [-0.2, -0.15) is 0 Å². The Morgan fingerprint density at radius 3 is 2.90 bits per heavy atom. The monoisotopic (exact) mass is 294 g/mol. The van der Waals surface area contributed by atoms with Crippen molar-refractivity contribution in [3.8, 4) is 0 Å². The molecule has 0 saturated carbocycles. The predicted octanol–water partition coefficient (Wildman–Crippen LogP) is 3.33. The van der Waals surface area contributed by atoms with Crippen molar-refractivity contribution >= 4 is 5.69 Å². The molecule has 0 aromatic heterocycles. The van der Waals surface area contributed by atoms with E-state index in [0.717, 1.165) is 37.1 Å². The van der Waals surface area contributed by atoms with Gasteiger partial charge in [-0.1, -0.05) is 19.1 Å². The first-order valence-corrected chi connectivity index (χ1v) is 7.94. The standard InChI is InChI=1S/C17H27FN2O/c1-4-15-9-8-13(2)20(15)17-14(6-5-7-16(17)18)12-19-10-11-21-3/h5-7,13,15,19H,4,8-12H2,1-3H3. The molecule has 0 radical (unpaired) electrons. The molecule has 1 aromatic rings. The van der Waals surface area contributed by atoms with E-state index in [1.807, 2.05) is 6.07 Å². The number of halogens is 1. The van der Waals surface area contributed by atoms with E-state index in [0.29, 0.717) is 25.2 Å². The minimum absolute atomic E-state index is 0.103. The van der Waals surface area contributed by atoms with E-state index in [1.165, 1.54) is 0 Å². The van der Waals surface area contributed by atoms with Gasteiger partial charge in [0.15, 0.2) is 0 Å². The van der Waals surface area contributed by atoms with Crippen molar-refractivity contribution in [3.63, 3.8) is 0 Å². The number of hydrogen-bond acceptors (Lipinski definition) is 3. The van der Waals surface area contributed by atoms with E-state index >= 15 is 0 Å². The molecule has 0 amide bonds. The van der Waals surface area contributed by atoms with Gasteiger partial charge in [-0.05, 0) is 37.8 Å². The van der Waals surface area contributed by atoms with E-state index in [9.17, 15) is 4.39 Å². The summed E-state index contributed by atoms with van der Waals surface area (Å²) in [6.45, 7) is 6.51. The molecule has 1 aliphatic heterocycles. The maximum atomic E-state index is 14.5. The second kappa shape index (κ2) is 7.76. The molecule has 1 aliphatic rings. The first-order chi connectivity index (χ1) is 10.2. The van der Waals surface area contributed by atoms with Gasteiger partial charge in [-0.3, -0.25) is 0 Å². The van der Waals surface area contributed by atoms with E-state index in [4.69, 9.17) is 4.74 Å². The van der Waals surface area contributed by atoms with Gasteiger partial charge in [0, 0.05) is 32.3 Å². The lowest BCUT2D eigenvalue weighted by Gasteiger charge is -2.32. The number of rotatable bonds is 7. The van der Waals surface area contributed by atoms with Gasteiger partial charge in [0.2, 0.25) is 0 Å². The molecule has 1 fully saturated rings. The molecular weight excluding hydrogens is 267 g/mol. The number of ether oxygens (including phenoxy) is 1. The average molecular weight is 294 g/mol. The summed E-state index contributed by atoms with van der Waals surface area (Å²) in [5, 5.41) is 3.32. The highest BCUT2D eigenvalue weighted by Crippen LogP contribution is 2.36. The Hall–Kier alpha value is -1.13. The zero-order valence-electron chi connectivity index (χ0n) is 13.4. The van der Waals surface area contributed by atoms with Crippen LogP contribution < -0.4 is 10.2 Å². The first kappa shape index (κ1) is 16.2. The Kier molecular flexibility index (Phi) is 6.00. The summed E-state index contributed by atoms with van der Waals surface area (Å²) < 4.78 is 19.5. The average Bonchev–Trinajstić information content (AvgIpc) is 2.85. The molecule has 0 bridgehead atoms. The highest BCUT2D eigenvalue weighted by molar-refractivity contribution is 5.57. The summed E-state index contributed by atoms with van der Waals surface area (Å²) in [4.78, 5) is 2.29. The van der Waals surface area contributed by atoms with Crippen molar-refractivity contribution in [2.45, 2.75) is 51.7 Å². The van der Waals surface area contributed by atoms with E-state index in [-0.39, 0.29) is 5.82 Å². The number of anilines is 1. The molecule has 0 aliphatic carbocycles. The summed E-state index contributed by atoms with van der Waals surface area (Å²) in [6, 6.07) is 6.26. The first-order valence-electron chi connectivity index (χ1n) is 7.94. The van der Waals surface area contributed by atoms with E-state index in [2.05, 4.69) is 24.1 Å². The number of nitrogens with one attached hydrogen (secondary N) is 1.